The molecule has 1 heterocycles. The van der Waals surface area contributed by atoms with Gasteiger partial charge in [-0.1, -0.05) is 0 Å². The van der Waals surface area contributed by atoms with Crippen LogP contribution in [0.25, 0.3) is 0 Å². The summed E-state index contributed by atoms with van der Waals surface area (Å²) in [6.07, 6.45) is 0.226. The Hall–Kier alpha value is -0.610. The van der Waals surface area contributed by atoms with E-state index in [1.165, 1.54) is 0 Å². The highest BCUT2D eigenvalue weighted by molar-refractivity contribution is 5.75. The number of rotatable bonds is 3. The number of ether oxygens (including phenoxy) is 3. The van der Waals surface area contributed by atoms with Crippen LogP contribution in [0, 0.1) is 0 Å². The fourth-order valence-electron chi connectivity index (χ4n) is 1.16. The maximum absolute atomic E-state index is 11.1. The molecule has 2 unspecified atom stereocenters. The third kappa shape index (κ3) is 2.19. The van der Waals surface area contributed by atoms with Gasteiger partial charge in [0.25, 0.3) is 0 Å². The van der Waals surface area contributed by atoms with Crippen LogP contribution < -0.4 is 0 Å². The number of carbonyl (C=O) groups is 1. The predicted molar refractivity (Wildman–Crippen MR) is 41.8 cm³/mol. The number of esters is 1. The van der Waals surface area contributed by atoms with Gasteiger partial charge in [0.2, 0.25) is 0 Å². The molecule has 4 heteroatoms. The zero-order valence-corrected chi connectivity index (χ0v) is 7.41. The lowest BCUT2D eigenvalue weighted by molar-refractivity contribution is -0.153. The van der Waals surface area contributed by atoms with Crippen LogP contribution in [-0.4, -0.2) is 38.5 Å². The van der Waals surface area contributed by atoms with Gasteiger partial charge in [0.05, 0.1) is 19.3 Å². The molecule has 1 rings (SSSR count). The average Bonchev–Trinajstić information content (AvgIpc) is 2.52. The molecule has 2 atom stereocenters. The van der Waals surface area contributed by atoms with Gasteiger partial charge >= 0.3 is 5.97 Å². The SMILES string of the molecule is CCOC(=O)C1CC(OC)CO1. The Morgan fingerprint density at radius 3 is 2.92 bits per heavy atom. The van der Waals surface area contributed by atoms with Crippen molar-refractivity contribution < 1.29 is 19.0 Å². The molecule has 70 valence electrons. The van der Waals surface area contributed by atoms with Gasteiger partial charge in [-0.3, -0.25) is 0 Å². The van der Waals surface area contributed by atoms with Crippen LogP contribution in [0.4, 0.5) is 0 Å². The summed E-state index contributed by atoms with van der Waals surface area (Å²) in [6, 6.07) is 0. The molecule has 0 radical (unpaired) electrons. The van der Waals surface area contributed by atoms with E-state index in [9.17, 15) is 4.79 Å². The molecule has 1 aliphatic rings. The topological polar surface area (TPSA) is 44.8 Å². The van der Waals surface area contributed by atoms with Crippen LogP contribution in [0.2, 0.25) is 0 Å². The van der Waals surface area contributed by atoms with E-state index >= 15 is 0 Å². The molecule has 1 saturated heterocycles. The molecular formula is C8H14O4. The molecule has 0 aliphatic carbocycles. The summed E-state index contributed by atoms with van der Waals surface area (Å²) in [5.74, 6) is -0.281. The zero-order valence-electron chi connectivity index (χ0n) is 7.41. The molecule has 0 aromatic rings. The number of hydrogen-bond donors (Lipinski definition) is 0. The maximum Gasteiger partial charge on any atom is 0.335 e. The van der Waals surface area contributed by atoms with E-state index in [0.29, 0.717) is 19.6 Å². The first-order chi connectivity index (χ1) is 5.77. The van der Waals surface area contributed by atoms with E-state index in [2.05, 4.69) is 0 Å². The Kier molecular flexibility index (Phi) is 3.49. The first-order valence-corrected chi connectivity index (χ1v) is 4.09. The largest absolute Gasteiger partial charge is 0.464 e. The van der Waals surface area contributed by atoms with Crippen molar-refractivity contribution in [3.63, 3.8) is 0 Å². The normalized spacial score (nSPS) is 28.8. The molecule has 0 N–H and O–H groups in total. The van der Waals surface area contributed by atoms with Crippen LogP contribution in [0.5, 0.6) is 0 Å². The predicted octanol–water partition coefficient (Wildman–Crippen LogP) is 0.353. The Balaban J connectivity index is 2.31. The van der Waals surface area contributed by atoms with Crippen molar-refractivity contribution in [2.45, 2.75) is 25.6 Å². The maximum atomic E-state index is 11.1. The molecule has 0 bridgehead atoms. The Morgan fingerprint density at radius 1 is 1.67 bits per heavy atom. The molecule has 0 spiro atoms. The van der Waals surface area contributed by atoms with Gasteiger partial charge in [-0.25, -0.2) is 4.79 Å². The molecule has 1 aliphatic heterocycles. The molecule has 0 saturated carbocycles. The summed E-state index contributed by atoms with van der Waals surface area (Å²) in [5.41, 5.74) is 0. The second kappa shape index (κ2) is 4.42. The highest BCUT2D eigenvalue weighted by Crippen LogP contribution is 2.16. The highest BCUT2D eigenvalue weighted by Gasteiger charge is 2.31. The number of hydrogen-bond acceptors (Lipinski definition) is 4. The van der Waals surface area contributed by atoms with Crippen molar-refractivity contribution in [3.05, 3.63) is 0 Å². The lowest BCUT2D eigenvalue weighted by atomic mass is 10.2. The van der Waals surface area contributed by atoms with Crippen molar-refractivity contribution in [3.8, 4) is 0 Å². The second-order valence-electron chi connectivity index (χ2n) is 2.67. The van der Waals surface area contributed by atoms with Gasteiger partial charge in [0.15, 0.2) is 6.10 Å². The van der Waals surface area contributed by atoms with Crippen molar-refractivity contribution in [2.24, 2.45) is 0 Å². The van der Waals surface area contributed by atoms with Crippen molar-refractivity contribution in [2.75, 3.05) is 20.3 Å². The van der Waals surface area contributed by atoms with Crippen molar-refractivity contribution in [1.29, 1.82) is 0 Å². The van der Waals surface area contributed by atoms with Crippen LogP contribution in [0.1, 0.15) is 13.3 Å². The second-order valence-corrected chi connectivity index (χ2v) is 2.67. The van der Waals surface area contributed by atoms with Crippen LogP contribution in [0.15, 0.2) is 0 Å². The number of methoxy groups -OCH3 is 1. The minimum Gasteiger partial charge on any atom is -0.464 e. The minimum atomic E-state index is -0.421. The van der Waals surface area contributed by atoms with E-state index in [1.807, 2.05) is 0 Å². The third-order valence-corrected chi connectivity index (χ3v) is 1.84. The summed E-state index contributed by atoms with van der Waals surface area (Å²) < 4.78 is 15.0. The smallest absolute Gasteiger partial charge is 0.335 e. The van der Waals surface area contributed by atoms with Crippen LogP contribution >= 0.6 is 0 Å². The van der Waals surface area contributed by atoms with Crippen LogP contribution in [-0.2, 0) is 19.0 Å². The molecule has 4 nitrogen and oxygen atoms in total. The fourth-order valence-corrected chi connectivity index (χ4v) is 1.16. The minimum absolute atomic E-state index is 0.0411. The summed E-state index contributed by atoms with van der Waals surface area (Å²) in [4.78, 5) is 11.1. The zero-order chi connectivity index (χ0) is 8.97. The van der Waals surface area contributed by atoms with E-state index in [1.54, 1.807) is 14.0 Å². The third-order valence-electron chi connectivity index (χ3n) is 1.84. The molecular weight excluding hydrogens is 160 g/mol. The lowest BCUT2D eigenvalue weighted by Gasteiger charge is -2.07. The van der Waals surface area contributed by atoms with Gasteiger partial charge in [-0.2, -0.15) is 0 Å². The first-order valence-electron chi connectivity index (χ1n) is 4.09. The first kappa shape index (κ1) is 9.48. The molecule has 0 aromatic carbocycles. The standard InChI is InChI=1S/C8H14O4/c1-3-11-8(9)7-4-6(10-2)5-12-7/h6-7H,3-5H2,1-2H3. The van der Waals surface area contributed by atoms with Gasteiger partial charge in [0.1, 0.15) is 0 Å². The van der Waals surface area contributed by atoms with Crippen molar-refractivity contribution in [1.82, 2.24) is 0 Å². The molecule has 12 heavy (non-hydrogen) atoms. The Morgan fingerprint density at radius 2 is 2.42 bits per heavy atom. The van der Waals surface area contributed by atoms with Gasteiger partial charge in [-0.05, 0) is 6.92 Å². The van der Waals surface area contributed by atoms with Gasteiger partial charge in [0, 0.05) is 13.5 Å². The van der Waals surface area contributed by atoms with E-state index < -0.39 is 6.10 Å². The van der Waals surface area contributed by atoms with Gasteiger partial charge < -0.3 is 14.2 Å². The van der Waals surface area contributed by atoms with Gasteiger partial charge in [-0.15, -0.1) is 0 Å². The summed E-state index contributed by atoms with van der Waals surface area (Å²) >= 11 is 0. The lowest BCUT2D eigenvalue weighted by Crippen LogP contribution is -2.22. The number of carbonyl (C=O) groups excluding carboxylic acids is 1. The van der Waals surface area contributed by atoms with E-state index in [4.69, 9.17) is 14.2 Å². The Labute approximate surface area is 71.8 Å². The van der Waals surface area contributed by atoms with Crippen LogP contribution in [0.3, 0.4) is 0 Å². The fraction of sp³-hybridized carbons (Fsp3) is 0.875. The van der Waals surface area contributed by atoms with Crippen molar-refractivity contribution >= 4 is 5.97 Å². The average molecular weight is 174 g/mol. The van der Waals surface area contributed by atoms with E-state index in [-0.39, 0.29) is 12.1 Å². The monoisotopic (exact) mass is 174 g/mol. The molecule has 0 aromatic heterocycles. The summed E-state index contributed by atoms with van der Waals surface area (Å²) in [6.45, 7) is 2.66. The van der Waals surface area contributed by atoms with E-state index in [0.717, 1.165) is 0 Å². The molecule has 0 amide bonds. The quantitative estimate of drug-likeness (QED) is 0.579. The molecule has 1 fully saturated rings. The Bertz CT molecular complexity index is 157. The summed E-state index contributed by atoms with van der Waals surface area (Å²) in [5, 5.41) is 0. The summed E-state index contributed by atoms with van der Waals surface area (Å²) in [7, 11) is 1.61. The highest BCUT2D eigenvalue weighted by atomic mass is 16.6.